The molecule has 19 heavy (non-hydrogen) atoms. The molecule has 0 aliphatic heterocycles. The molecule has 0 heterocycles. The summed E-state index contributed by atoms with van der Waals surface area (Å²) in [6.07, 6.45) is 3.70. The van der Waals surface area contributed by atoms with E-state index in [1.807, 2.05) is 31.2 Å². The highest BCUT2D eigenvalue weighted by Crippen LogP contribution is 2.33. The third kappa shape index (κ3) is 4.06. The van der Waals surface area contributed by atoms with E-state index in [1.54, 1.807) is 7.11 Å². The Morgan fingerprint density at radius 2 is 1.95 bits per heavy atom. The third-order valence-corrected chi connectivity index (χ3v) is 3.67. The molecule has 104 valence electrons. The van der Waals surface area contributed by atoms with Crippen LogP contribution in [-0.4, -0.2) is 25.6 Å². The van der Waals surface area contributed by atoms with Crippen LogP contribution in [0.3, 0.4) is 0 Å². The van der Waals surface area contributed by atoms with E-state index in [9.17, 15) is 4.79 Å². The average Bonchev–Trinajstić information content (AvgIpc) is 2.37. The van der Waals surface area contributed by atoms with E-state index < -0.39 is 0 Å². The van der Waals surface area contributed by atoms with Gasteiger partial charge in [-0.1, -0.05) is 12.1 Å². The molecule has 0 radical (unpaired) electrons. The molecule has 1 aromatic carbocycles. The largest absolute Gasteiger partial charge is 0.497 e. The van der Waals surface area contributed by atoms with Gasteiger partial charge in [0.2, 0.25) is 0 Å². The highest BCUT2D eigenvalue weighted by atomic mass is 16.5. The molecule has 1 saturated carbocycles. The quantitative estimate of drug-likeness (QED) is 0.757. The highest BCUT2D eigenvalue weighted by Gasteiger charge is 2.30. The molecule has 3 nitrogen and oxygen atoms in total. The summed E-state index contributed by atoms with van der Waals surface area (Å²) >= 11 is 0. The van der Waals surface area contributed by atoms with Gasteiger partial charge in [-0.05, 0) is 43.4 Å². The van der Waals surface area contributed by atoms with Crippen molar-refractivity contribution in [1.29, 1.82) is 0 Å². The zero-order chi connectivity index (χ0) is 13.7. The average molecular weight is 262 g/mol. The topological polar surface area (TPSA) is 35.5 Å². The van der Waals surface area contributed by atoms with Gasteiger partial charge >= 0.3 is 0 Å². The van der Waals surface area contributed by atoms with E-state index in [2.05, 4.69) is 0 Å². The first-order chi connectivity index (χ1) is 9.21. The van der Waals surface area contributed by atoms with Crippen molar-refractivity contribution < 1.29 is 14.3 Å². The molecule has 0 bridgehead atoms. The molecule has 1 fully saturated rings. The van der Waals surface area contributed by atoms with Gasteiger partial charge in [0.15, 0.2) is 0 Å². The maximum absolute atomic E-state index is 12.0. The van der Waals surface area contributed by atoms with Crippen LogP contribution in [0.2, 0.25) is 0 Å². The first kappa shape index (κ1) is 14.1. The summed E-state index contributed by atoms with van der Waals surface area (Å²) in [5.74, 6) is 1.68. The van der Waals surface area contributed by atoms with E-state index >= 15 is 0 Å². The fraction of sp³-hybridized carbons (Fsp3) is 0.562. The molecular weight excluding hydrogens is 240 g/mol. The number of benzene rings is 1. The summed E-state index contributed by atoms with van der Waals surface area (Å²) < 4.78 is 10.6. The Morgan fingerprint density at radius 1 is 1.26 bits per heavy atom. The number of ether oxygens (including phenoxy) is 2. The van der Waals surface area contributed by atoms with Crippen molar-refractivity contribution in [1.82, 2.24) is 0 Å². The number of methoxy groups -OCH3 is 1. The smallest absolute Gasteiger partial charge is 0.137 e. The number of hydrogen-bond acceptors (Lipinski definition) is 3. The molecule has 2 rings (SSSR count). The number of ketones is 1. The predicted octanol–water partition coefficient (Wildman–Crippen LogP) is 3.01. The highest BCUT2D eigenvalue weighted by molar-refractivity contribution is 5.81. The Kier molecular flexibility index (Phi) is 4.97. The van der Waals surface area contributed by atoms with Crippen molar-refractivity contribution in [2.45, 2.75) is 38.7 Å². The van der Waals surface area contributed by atoms with Crippen molar-refractivity contribution in [2.75, 3.05) is 13.7 Å². The standard InChI is InChI=1S/C16H22O3/c1-3-19-16-10-13(11-16)9-14(17)8-12-4-6-15(18-2)7-5-12/h4-7,13,16H,3,8-11H2,1-2H3. The van der Waals surface area contributed by atoms with Gasteiger partial charge in [0, 0.05) is 19.4 Å². The number of carbonyl (C=O) groups is 1. The molecule has 0 atom stereocenters. The first-order valence-electron chi connectivity index (χ1n) is 6.97. The molecule has 1 aliphatic rings. The van der Waals surface area contributed by atoms with Crippen molar-refractivity contribution in [2.24, 2.45) is 5.92 Å². The Labute approximate surface area is 114 Å². The maximum Gasteiger partial charge on any atom is 0.137 e. The second-order valence-electron chi connectivity index (χ2n) is 5.18. The Hall–Kier alpha value is -1.35. The Bertz CT molecular complexity index is 405. The number of hydrogen-bond donors (Lipinski definition) is 0. The third-order valence-electron chi connectivity index (χ3n) is 3.67. The van der Waals surface area contributed by atoms with Crippen LogP contribution in [-0.2, 0) is 16.0 Å². The maximum atomic E-state index is 12.0. The van der Waals surface area contributed by atoms with E-state index in [0.717, 1.165) is 30.8 Å². The summed E-state index contributed by atoms with van der Waals surface area (Å²) in [6, 6.07) is 7.72. The van der Waals surface area contributed by atoms with E-state index in [4.69, 9.17) is 9.47 Å². The van der Waals surface area contributed by atoms with Crippen LogP contribution in [0.25, 0.3) is 0 Å². The van der Waals surface area contributed by atoms with Gasteiger partial charge in [0.05, 0.1) is 13.2 Å². The zero-order valence-electron chi connectivity index (χ0n) is 11.7. The molecule has 0 spiro atoms. The van der Waals surface area contributed by atoms with Crippen LogP contribution >= 0.6 is 0 Å². The Balaban J connectivity index is 1.72. The molecular formula is C16H22O3. The van der Waals surface area contributed by atoms with Crippen molar-refractivity contribution in [3.05, 3.63) is 29.8 Å². The lowest BCUT2D eigenvalue weighted by Crippen LogP contribution is -2.33. The second kappa shape index (κ2) is 6.71. The van der Waals surface area contributed by atoms with Crippen LogP contribution in [0, 0.1) is 5.92 Å². The number of Topliss-reactive ketones (excluding diaryl/α,β-unsaturated/α-hetero) is 1. The second-order valence-corrected chi connectivity index (χ2v) is 5.18. The lowest BCUT2D eigenvalue weighted by molar-refractivity contribution is -0.121. The van der Waals surface area contributed by atoms with Crippen LogP contribution < -0.4 is 4.74 Å². The van der Waals surface area contributed by atoms with Crippen LogP contribution in [0.1, 0.15) is 31.7 Å². The monoisotopic (exact) mass is 262 g/mol. The normalized spacial score (nSPS) is 21.8. The van der Waals surface area contributed by atoms with Gasteiger partial charge in [-0.3, -0.25) is 4.79 Å². The van der Waals surface area contributed by atoms with Gasteiger partial charge in [-0.15, -0.1) is 0 Å². The lowest BCUT2D eigenvalue weighted by Gasteiger charge is -2.34. The molecule has 0 aromatic heterocycles. The minimum absolute atomic E-state index is 0.324. The fourth-order valence-corrected chi connectivity index (χ4v) is 2.58. The number of rotatable bonds is 7. The van der Waals surface area contributed by atoms with Crippen LogP contribution in [0.15, 0.2) is 24.3 Å². The van der Waals surface area contributed by atoms with Crippen molar-refractivity contribution >= 4 is 5.78 Å². The molecule has 0 amide bonds. The zero-order valence-corrected chi connectivity index (χ0v) is 11.7. The molecule has 1 aliphatic carbocycles. The molecule has 0 N–H and O–H groups in total. The molecule has 0 saturated heterocycles. The molecule has 3 heteroatoms. The van der Waals surface area contributed by atoms with Gasteiger partial charge in [-0.25, -0.2) is 0 Å². The van der Waals surface area contributed by atoms with Crippen molar-refractivity contribution in [3.63, 3.8) is 0 Å². The summed E-state index contributed by atoms with van der Waals surface area (Å²) in [5, 5.41) is 0. The molecule has 1 aromatic rings. The number of carbonyl (C=O) groups excluding carboxylic acids is 1. The SMILES string of the molecule is CCOC1CC(CC(=O)Cc2ccc(OC)cc2)C1. The predicted molar refractivity (Wildman–Crippen MR) is 74.5 cm³/mol. The van der Waals surface area contributed by atoms with E-state index in [-0.39, 0.29) is 0 Å². The Morgan fingerprint density at radius 3 is 2.53 bits per heavy atom. The van der Waals surface area contributed by atoms with Crippen LogP contribution in [0.5, 0.6) is 5.75 Å². The summed E-state index contributed by atoms with van der Waals surface area (Å²) in [4.78, 5) is 12.0. The van der Waals surface area contributed by atoms with E-state index in [0.29, 0.717) is 30.6 Å². The summed E-state index contributed by atoms with van der Waals surface area (Å²) in [6.45, 7) is 2.79. The van der Waals surface area contributed by atoms with Gasteiger partial charge in [-0.2, -0.15) is 0 Å². The van der Waals surface area contributed by atoms with Gasteiger partial charge < -0.3 is 9.47 Å². The molecule has 0 unspecified atom stereocenters. The van der Waals surface area contributed by atoms with E-state index in [1.165, 1.54) is 0 Å². The first-order valence-corrected chi connectivity index (χ1v) is 6.97. The van der Waals surface area contributed by atoms with Crippen molar-refractivity contribution in [3.8, 4) is 5.75 Å². The summed E-state index contributed by atoms with van der Waals surface area (Å²) in [7, 11) is 1.64. The van der Waals surface area contributed by atoms with Gasteiger partial charge in [0.1, 0.15) is 11.5 Å². The van der Waals surface area contributed by atoms with Crippen LogP contribution in [0.4, 0.5) is 0 Å². The van der Waals surface area contributed by atoms with Gasteiger partial charge in [0.25, 0.3) is 0 Å². The summed E-state index contributed by atoms with van der Waals surface area (Å²) in [5.41, 5.74) is 1.06. The minimum atomic E-state index is 0.324. The lowest BCUT2D eigenvalue weighted by atomic mass is 9.78. The fourth-order valence-electron chi connectivity index (χ4n) is 2.58. The minimum Gasteiger partial charge on any atom is -0.497 e.